The number of halogens is 3. The summed E-state index contributed by atoms with van der Waals surface area (Å²) >= 11 is 0. The Kier molecular flexibility index (Phi) is 8.67. The minimum absolute atomic E-state index is 0.00313. The van der Waals surface area contributed by atoms with Gasteiger partial charge in [-0.1, -0.05) is 62.4 Å². The number of alkyl halides is 3. The van der Waals surface area contributed by atoms with Crippen LogP contribution in [0.2, 0.25) is 0 Å². The van der Waals surface area contributed by atoms with E-state index in [9.17, 15) is 30.0 Å². The number of hydrogen-bond acceptors (Lipinski definition) is 6. The summed E-state index contributed by atoms with van der Waals surface area (Å²) in [4.78, 5) is -0.562. The first-order chi connectivity index (χ1) is 19.2. The lowest BCUT2D eigenvalue weighted by molar-refractivity contribution is -0.137. The lowest BCUT2D eigenvalue weighted by Gasteiger charge is -2.25. The summed E-state index contributed by atoms with van der Waals surface area (Å²) in [6, 6.07) is 19.6. The van der Waals surface area contributed by atoms with Crippen molar-refractivity contribution in [2.45, 2.75) is 36.4 Å². The maximum Gasteiger partial charge on any atom is 0.416 e. The minimum Gasteiger partial charge on any atom is -0.493 e. The van der Waals surface area contributed by atoms with E-state index in [1.54, 1.807) is 24.3 Å². The first-order valence-electron chi connectivity index (χ1n) is 12.5. The molecule has 0 fully saturated rings. The van der Waals surface area contributed by atoms with Crippen LogP contribution >= 0.6 is 0 Å². The Hall–Kier alpha value is -3.61. The van der Waals surface area contributed by atoms with Gasteiger partial charge in [-0.25, -0.2) is 8.42 Å². The maximum atomic E-state index is 13.9. The average Bonchev–Trinajstić information content (AvgIpc) is 2.91. The van der Waals surface area contributed by atoms with E-state index in [1.807, 2.05) is 32.0 Å². The van der Waals surface area contributed by atoms with E-state index in [1.165, 1.54) is 29.6 Å². The molecule has 0 spiro atoms. The molecule has 218 valence electrons. The largest absolute Gasteiger partial charge is 0.493 e. The summed E-state index contributed by atoms with van der Waals surface area (Å²) in [5.74, 6) is -0.346. The summed E-state index contributed by atoms with van der Waals surface area (Å²) in [6.45, 7) is 3.77. The minimum atomic E-state index is -4.75. The smallest absolute Gasteiger partial charge is 0.416 e. The van der Waals surface area contributed by atoms with Crippen molar-refractivity contribution < 1.29 is 38.9 Å². The molecule has 4 aromatic carbocycles. The van der Waals surface area contributed by atoms with Crippen molar-refractivity contribution in [3.05, 3.63) is 96.1 Å². The molecule has 0 unspecified atom stereocenters. The summed E-state index contributed by atoms with van der Waals surface area (Å²) < 4.78 is 105. The van der Waals surface area contributed by atoms with Crippen molar-refractivity contribution in [2.75, 3.05) is 13.7 Å². The van der Waals surface area contributed by atoms with Gasteiger partial charge in [-0.15, -0.1) is 0 Å². The van der Waals surface area contributed by atoms with Crippen LogP contribution in [0.25, 0.3) is 10.8 Å². The van der Waals surface area contributed by atoms with Gasteiger partial charge < -0.3 is 8.92 Å². The van der Waals surface area contributed by atoms with Gasteiger partial charge in [-0.2, -0.15) is 25.9 Å². The molecule has 12 heteroatoms. The predicted molar refractivity (Wildman–Crippen MR) is 149 cm³/mol. The SMILES string of the molecule is COc1ccc(CN(CC(C)C)S(=O)(=O)c2cccc3ccccc23)cc1OS(=O)(=O)c1cccc(C(F)(F)F)c1. The third-order valence-corrected chi connectivity index (χ3v) is 9.27. The second kappa shape index (κ2) is 11.7. The Morgan fingerprint density at radius 3 is 2.20 bits per heavy atom. The first-order valence-corrected chi connectivity index (χ1v) is 15.3. The summed E-state index contributed by atoms with van der Waals surface area (Å²) in [7, 11) is -7.44. The summed E-state index contributed by atoms with van der Waals surface area (Å²) in [5, 5.41) is 1.33. The fraction of sp³-hybridized carbons (Fsp3) is 0.241. The zero-order valence-electron chi connectivity index (χ0n) is 22.4. The molecule has 7 nitrogen and oxygen atoms in total. The van der Waals surface area contributed by atoms with Crippen LogP contribution in [-0.2, 0) is 32.9 Å². The van der Waals surface area contributed by atoms with Gasteiger partial charge >= 0.3 is 16.3 Å². The van der Waals surface area contributed by atoms with Gasteiger partial charge in [0.1, 0.15) is 4.90 Å². The van der Waals surface area contributed by atoms with Crippen molar-refractivity contribution >= 4 is 30.9 Å². The first kappa shape index (κ1) is 30.4. The Morgan fingerprint density at radius 2 is 1.51 bits per heavy atom. The molecule has 0 aliphatic heterocycles. The highest BCUT2D eigenvalue weighted by Crippen LogP contribution is 2.35. The number of hydrogen-bond donors (Lipinski definition) is 0. The van der Waals surface area contributed by atoms with Crippen LogP contribution in [0.5, 0.6) is 11.5 Å². The number of rotatable bonds is 10. The van der Waals surface area contributed by atoms with Crippen LogP contribution < -0.4 is 8.92 Å². The molecule has 0 saturated heterocycles. The van der Waals surface area contributed by atoms with Gasteiger partial charge in [0.2, 0.25) is 10.0 Å². The molecule has 4 rings (SSSR count). The lowest BCUT2D eigenvalue weighted by Crippen LogP contribution is -2.34. The standard InChI is InChI=1S/C29H28F3NO6S2/c1-20(2)18-33(40(34,35)28-13-6-9-22-8-4-5-12-25(22)28)19-21-14-15-26(38-3)27(16-21)39-41(36,37)24-11-7-10-23(17-24)29(30,31)32/h4-17,20H,18-19H2,1-3H3. The van der Waals surface area contributed by atoms with Gasteiger partial charge in [-0.05, 0) is 53.3 Å². The van der Waals surface area contributed by atoms with Crippen LogP contribution in [-0.4, -0.2) is 34.8 Å². The molecule has 4 aromatic rings. The molecule has 0 N–H and O–H groups in total. The van der Waals surface area contributed by atoms with Gasteiger partial charge in [0.25, 0.3) is 0 Å². The normalized spacial score (nSPS) is 12.7. The molecular formula is C29H28F3NO6S2. The second-order valence-electron chi connectivity index (χ2n) is 9.72. The number of benzene rings is 4. The van der Waals surface area contributed by atoms with Gasteiger partial charge in [0, 0.05) is 18.5 Å². The van der Waals surface area contributed by atoms with Crippen LogP contribution in [0.4, 0.5) is 13.2 Å². The van der Waals surface area contributed by atoms with Crippen LogP contribution in [0, 0.1) is 5.92 Å². The quantitative estimate of drug-likeness (QED) is 0.192. The molecule has 0 atom stereocenters. The molecule has 0 bridgehead atoms. The molecule has 0 radical (unpaired) electrons. The van der Waals surface area contributed by atoms with E-state index in [-0.39, 0.29) is 35.4 Å². The van der Waals surface area contributed by atoms with Crippen LogP contribution in [0.3, 0.4) is 0 Å². The van der Waals surface area contributed by atoms with Crippen molar-refractivity contribution in [2.24, 2.45) is 5.92 Å². The molecule has 0 aliphatic carbocycles. The zero-order valence-corrected chi connectivity index (χ0v) is 24.1. The van der Waals surface area contributed by atoms with E-state index in [0.717, 1.165) is 23.6 Å². The Morgan fingerprint density at radius 1 is 0.829 bits per heavy atom. The van der Waals surface area contributed by atoms with E-state index < -0.39 is 36.8 Å². The molecule has 41 heavy (non-hydrogen) atoms. The summed E-state index contributed by atoms with van der Waals surface area (Å²) in [5.41, 5.74) is -0.768. The number of nitrogens with zero attached hydrogens (tertiary/aromatic N) is 1. The topological polar surface area (TPSA) is 90.0 Å². The van der Waals surface area contributed by atoms with E-state index in [4.69, 9.17) is 8.92 Å². The predicted octanol–water partition coefficient (Wildman–Crippen LogP) is 6.48. The molecular weight excluding hydrogens is 579 g/mol. The fourth-order valence-electron chi connectivity index (χ4n) is 4.30. The Labute approximate surface area is 237 Å². The number of methoxy groups -OCH3 is 1. The highest BCUT2D eigenvalue weighted by Gasteiger charge is 2.32. The zero-order chi connectivity index (χ0) is 30.0. The molecule has 0 aliphatic rings. The summed E-state index contributed by atoms with van der Waals surface area (Å²) in [6.07, 6.45) is -4.75. The third-order valence-electron chi connectivity index (χ3n) is 6.17. The molecule has 0 heterocycles. The lowest BCUT2D eigenvalue weighted by atomic mass is 10.1. The monoisotopic (exact) mass is 607 g/mol. The van der Waals surface area contributed by atoms with Gasteiger partial charge in [-0.3, -0.25) is 0 Å². The molecule has 0 aromatic heterocycles. The third kappa shape index (κ3) is 6.83. The number of sulfonamides is 1. The Balaban J connectivity index is 1.71. The van der Waals surface area contributed by atoms with E-state index in [2.05, 4.69) is 0 Å². The molecule has 0 saturated carbocycles. The van der Waals surface area contributed by atoms with E-state index >= 15 is 0 Å². The Bertz CT molecular complexity index is 1770. The highest BCUT2D eigenvalue weighted by molar-refractivity contribution is 7.89. The molecule has 0 amide bonds. The second-order valence-corrected chi connectivity index (χ2v) is 13.2. The maximum absolute atomic E-state index is 13.9. The average molecular weight is 608 g/mol. The van der Waals surface area contributed by atoms with Gasteiger partial charge in [0.15, 0.2) is 11.5 Å². The van der Waals surface area contributed by atoms with Crippen molar-refractivity contribution in [3.8, 4) is 11.5 Å². The van der Waals surface area contributed by atoms with Crippen molar-refractivity contribution in [1.29, 1.82) is 0 Å². The van der Waals surface area contributed by atoms with Crippen LogP contribution in [0.1, 0.15) is 25.0 Å². The van der Waals surface area contributed by atoms with Crippen molar-refractivity contribution in [1.82, 2.24) is 4.31 Å². The van der Waals surface area contributed by atoms with Crippen LogP contribution in [0.15, 0.2) is 94.7 Å². The van der Waals surface area contributed by atoms with E-state index in [0.29, 0.717) is 17.0 Å². The number of ether oxygens (including phenoxy) is 1. The fourth-order valence-corrected chi connectivity index (χ4v) is 7.08. The van der Waals surface area contributed by atoms with Crippen molar-refractivity contribution in [3.63, 3.8) is 0 Å². The van der Waals surface area contributed by atoms with Gasteiger partial charge in [0.05, 0.1) is 17.6 Å². The number of fused-ring (bicyclic) bond motifs is 1. The highest BCUT2D eigenvalue weighted by atomic mass is 32.2.